The molecule has 19 heavy (non-hydrogen) atoms. The van der Waals surface area contributed by atoms with Crippen LogP contribution in [0.4, 0.5) is 0 Å². The quantitative estimate of drug-likeness (QED) is 0.906. The second kappa shape index (κ2) is 5.65. The average Bonchev–Trinajstić information content (AvgIpc) is 2.99. The van der Waals surface area contributed by atoms with Gasteiger partial charge in [-0.3, -0.25) is 4.90 Å². The Morgan fingerprint density at radius 1 is 1.47 bits per heavy atom. The number of fused-ring (bicyclic) bond motifs is 1. The third-order valence-corrected chi connectivity index (χ3v) is 4.53. The zero-order valence-electron chi connectivity index (χ0n) is 11.2. The second-order valence-corrected chi connectivity index (χ2v) is 6.24. The summed E-state index contributed by atoms with van der Waals surface area (Å²) in [6.07, 6.45) is 4.79. The smallest absolute Gasteiger partial charge is 0.0458 e. The summed E-state index contributed by atoms with van der Waals surface area (Å²) in [5.41, 5.74) is 2.63. The van der Waals surface area contributed by atoms with E-state index in [4.69, 9.17) is 0 Å². The van der Waals surface area contributed by atoms with Crippen molar-refractivity contribution in [3.05, 3.63) is 34.4 Å². The molecule has 2 N–H and O–H groups in total. The molecule has 1 unspecified atom stereocenters. The molecule has 3 rings (SSSR count). The van der Waals surface area contributed by atoms with Crippen molar-refractivity contribution in [2.75, 3.05) is 20.1 Å². The van der Waals surface area contributed by atoms with Gasteiger partial charge in [0.25, 0.3) is 0 Å². The molecule has 1 aromatic heterocycles. The van der Waals surface area contributed by atoms with E-state index in [0.29, 0.717) is 6.04 Å². The molecule has 4 heteroatoms. The maximum absolute atomic E-state index is 3.56. The van der Waals surface area contributed by atoms with Gasteiger partial charge in [0.2, 0.25) is 0 Å². The summed E-state index contributed by atoms with van der Waals surface area (Å²) in [6.45, 7) is 3.35. The topological polar surface area (TPSA) is 31.1 Å². The molecular formula is C15H20BrN3. The minimum Gasteiger partial charge on any atom is -0.361 e. The number of nitrogens with zero attached hydrogens (tertiary/aromatic N) is 1. The van der Waals surface area contributed by atoms with Crippen LogP contribution in [0.2, 0.25) is 0 Å². The Kier molecular flexibility index (Phi) is 3.91. The first-order valence-corrected chi connectivity index (χ1v) is 7.71. The van der Waals surface area contributed by atoms with Gasteiger partial charge < -0.3 is 10.3 Å². The summed E-state index contributed by atoms with van der Waals surface area (Å²) >= 11 is 3.56. The van der Waals surface area contributed by atoms with Crippen molar-refractivity contribution < 1.29 is 0 Å². The molecule has 3 nitrogen and oxygen atoms in total. The van der Waals surface area contributed by atoms with Crippen molar-refractivity contribution in [2.45, 2.75) is 25.4 Å². The van der Waals surface area contributed by atoms with Gasteiger partial charge in [0.15, 0.2) is 0 Å². The molecule has 102 valence electrons. The fourth-order valence-electron chi connectivity index (χ4n) is 3.07. The van der Waals surface area contributed by atoms with Crippen LogP contribution >= 0.6 is 15.9 Å². The fraction of sp³-hybridized carbons (Fsp3) is 0.467. The third kappa shape index (κ3) is 2.71. The molecular weight excluding hydrogens is 302 g/mol. The predicted molar refractivity (Wildman–Crippen MR) is 83.4 cm³/mol. The van der Waals surface area contributed by atoms with Crippen LogP contribution in [0.5, 0.6) is 0 Å². The SMILES string of the molecule is CNCC1CCCN1Cc1c[nH]c2ccc(Br)cc12. The molecule has 0 saturated carbocycles. The fourth-order valence-corrected chi connectivity index (χ4v) is 3.43. The number of hydrogen-bond acceptors (Lipinski definition) is 2. The highest BCUT2D eigenvalue weighted by Gasteiger charge is 2.24. The van der Waals surface area contributed by atoms with Gasteiger partial charge in [-0.1, -0.05) is 15.9 Å². The monoisotopic (exact) mass is 321 g/mol. The molecule has 1 aromatic carbocycles. The van der Waals surface area contributed by atoms with E-state index in [2.05, 4.69) is 55.5 Å². The van der Waals surface area contributed by atoms with E-state index in [1.54, 1.807) is 0 Å². The molecule has 1 saturated heterocycles. The van der Waals surface area contributed by atoms with Crippen LogP contribution in [-0.2, 0) is 6.54 Å². The molecule has 0 spiro atoms. The minimum atomic E-state index is 0.683. The maximum atomic E-state index is 3.56. The summed E-state index contributed by atoms with van der Waals surface area (Å²) in [5.74, 6) is 0. The number of halogens is 1. The van der Waals surface area contributed by atoms with Crippen molar-refractivity contribution in [1.82, 2.24) is 15.2 Å². The lowest BCUT2D eigenvalue weighted by atomic mass is 10.1. The van der Waals surface area contributed by atoms with E-state index >= 15 is 0 Å². The largest absolute Gasteiger partial charge is 0.361 e. The molecule has 1 atom stereocenters. The van der Waals surface area contributed by atoms with E-state index in [9.17, 15) is 0 Å². The molecule has 1 fully saturated rings. The van der Waals surface area contributed by atoms with Crippen LogP contribution in [-0.4, -0.2) is 36.1 Å². The minimum absolute atomic E-state index is 0.683. The number of likely N-dealkylation sites (tertiary alicyclic amines) is 1. The van der Waals surface area contributed by atoms with Gasteiger partial charge in [-0.2, -0.15) is 0 Å². The summed E-state index contributed by atoms with van der Waals surface area (Å²) < 4.78 is 1.15. The Morgan fingerprint density at radius 3 is 3.21 bits per heavy atom. The number of nitrogens with one attached hydrogen (secondary N) is 2. The molecule has 0 aliphatic carbocycles. The summed E-state index contributed by atoms with van der Waals surface area (Å²) in [7, 11) is 2.04. The number of rotatable bonds is 4. The van der Waals surface area contributed by atoms with Gasteiger partial charge in [0.1, 0.15) is 0 Å². The summed E-state index contributed by atoms with van der Waals surface area (Å²) in [4.78, 5) is 5.97. The van der Waals surface area contributed by atoms with Gasteiger partial charge in [-0.25, -0.2) is 0 Å². The molecule has 2 heterocycles. The maximum Gasteiger partial charge on any atom is 0.0458 e. The lowest BCUT2D eigenvalue weighted by molar-refractivity contribution is 0.243. The molecule has 2 aromatic rings. The van der Waals surface area contributed by atoms with E-state index < -0.39 is 0 Å². The summed E-state index contributed by atoms with van der Waals surface area (Å²) in [5, 5.41) is 4.65. The van der Waals surface area contributed by atoms with Gasteiger partial charge in [0.05, 0.1) is 0 Å². The Morgan fingerprint density at radius 2 is 2.37 bits per heavy atom. The zero-order chi connectivity index (χ0) is 13.2. The van der Waals surface area contributed by atoms with E-state index in [1.165, 1.54) is 35.9 Å². The van der Waals surface area contributed by atoms with Crippen LogP contribution in [0.1, 0.15) is 18.4 Å². The van der Waals surface area contributed by atoms with Crippen LogP contribution in [0.25, 0.3) is 10.9 Å². The number of aromatic amines is 1. The first-order valence-electron chi connectivity index (χ1n) is 6.92. The number of benzene rings is 1. The number of H-pyrrole nitrogens is 1. The highest BCUT2D eigenvalue weighted by atomic mass is 79.9. The van der Waals surface area contributed by atoms with E-state index in [1.807, 2.05) is 7.05 Å². The van der Waals surface area contributed by atoms with Crippen LogP contribution in [0.3, 0.4) is 0 Å². The first kappa shape index (κ1) is 13.2. The van der Waals surface area contributed by atoms with Crippen molar-refractivity contribution >= 4 is 26.8 Å². The van der Waals surface area contributed by atoms with Crippen LogP contribution in [0, 0.1) is 0 Å². The number of likely N-dealkylation sites (N-methyl/N-ethyl adjacent to an activating group) is 1. The Balaban J connectivity index is 1.83. The van der Waals surface area contributed by atoms with Crippen molar-refractivity contribution in [3.63, 3.8) is 0 Å². The Hall–Kier alpha value is -0.840. The van der Waals surface area contributed by atoms with Crippen molar-refractivity contribution in [3.8, 4) is 0 Å². The standard InChI is InChI=1S/C15H20BrN3/c1-17-9-13-3-2-6-19(13)10-11-8-18-15-5-4-12(16)7-14(11)15/h4-5,7-8,13,17-18H,2-3,6,9-10H2,1H3. The van der Waals surface area contributed by atoms with Gasteiger partial charge in [-0.15, -0.1) is 0 Å². The first-order chi connectivity index (χ1) is 9.28. The van der Waals surface area contributed by atoms with E-state index in [-0.39, 0.29) is 0 Å². The van der Waals surface area contributed by atoms with E-state index in [0.717, 1.165) is 17.6 Å². The van der Waals surface area contributed by atoms with Gasteiger partial charge in [0, 0.05) is 40.7 Å². The zero-order valence-corrected chi connectivity index (χ0v) is 12.8. The molecule has 0 radical (unpaired) electrons. The molecule has 0 amide bonds. The molecule has 0 bridgehead atoms. The van der Waals surface area contributed by atoms with Crippen molar-refractivity contribution in [1.29, 1.82) is 0 Å². The predicted octanol–water partition coefficient (Wildman–Crippen LogP) is 3.11. The molecule has 1 aliphatic heterocycles. The lowest BCUT2D eigenvalue weighted by Gasteiger charge is -2.23. The Bertz CT molecular complexity index is 564. The number of hydrogen-bond donors (Lipinski definition) is 2. The Labute approximate surface area is 122 Å². The highest BCUT2D eigenvalue weighted by Crippen LogP contribution is 2.26. The second-order valence-electron chi connectivity index (χ2n) is 5.33. The van der Waals surface area contributed by atoms with Crippen LogP contribution in [0.15, 0.2) is 28.9 Å². The number of aromatic nitrogens is 1. The van der Waals surface area contributed by atoms with Crippen LogP contribution < -0.4 is 5.32 Å². The lowest BCUT2D eigenvalue weighted by Crippen LogP contribution is -2.36. The third-order valence-electron chi connectivity index (χ3n) is 4.04. The highest BCUT2D eigenvalue weighted by molar-refractivity contribution is 9.10. The van der Waals surface area contributed by atoms with Crippen molar-refractivity contribution in [2.24, 2.45) is 0 Å². The van der Waals surface area contributed by atoms with Gasteiger partial charge in [-0.05, 0) is 50.2 Å². The summed E-state index contributed by atoms with van der Waals surface area (Å²) in [6, 6.07) is 7.12. The van der Waals surface area contributed by atoms with Gasteiger partial charge >= 0.3 is 0 Å². The molecule has 1 aliphatic rings. The normalized spacial score (nSPS) is 20.4. The average molecular weight is 322 g/mol.